The highest BCUT2D eigenvalue weighted by Gasteiger charge is 2.31. The Hall–Kier alpha value is -2.66. The Morgan fingerprint density at radius 3 is 2.67 bits per heavy atom. The van der Waals surface area contributed by atoms with E-state index in [4.69, 9.17) is 16.3 Å². The maximum Gasteiger partial charge on any atom is 0.245 e. The van der Waals surface area contributed by atoms with Gasteiger partial charge in [0.05, 0.1) is 42.6 Å². The molecule has 0 spiro atoms. The fourth-order valence-electron chi connectivity index (χ4n) is 3.97. The molecule has 4 rings (SSSR count). The molecule has 0 aromatic heterocycles. The van der Waals surface area contributed by atoms with Gasteiger partial charge in [0.15, 0.2) is 0 Å². The number of sulfonamides is 1. The van der Waals surface area contributed by atoms with Crippen LogP contribution in [-0.4, -0.2) is 64.4 Å². The summed E-state index contributed by atoms with van der Waals surface area (Å²) in [6.45, 7) is 4.09. The molecule has 0 unspecified atom stereocenters. The molecule has 0 atom stereocenters. The van der Waals surface area contributed by atoms with E-state index in [1.54, 1.807) is 25.1 Å². The van der Waals surface area contributed by atoms with Crippen LogP contribution in [-0.2, 0) is 30.8 Å². The van der Waals surface area contributed by atoms with Crippen LogP contribution in [0.5, 0.6) is 0 Å². The van der Waals surface area contributed by atoms with Gasteiger partial charge in [-0.2, -0.15) is 4.31 Å². The summed E-state index contributed by atoms with van der Waals surface area (Å²) in [5.74, 6) is -0.769. The number of likely N-dealkylation sites (N-methyl/N-ethyl adjacent to an activating group) is 1. The standard InChI is InChI=1S/C22H25ClN4O5S/c1-14-9-15-11-20(28)25-22(15)19(10-14)33(30,31)26(2)13-21(29)24-16-3-4-18(17(23)12-16)27-5-7-32-8-6-27/h3-4,9-10,12H,5-8,11,13H2,1-2H3,(H,24,29)(H,25,28). The molecule has 9 nitrogen and oxygen atoms in total. The third-order valence-electron chi connectivity index (χ3n) is 5.58. The van der Waals surface area contributed by atoms with E-state index in [1.165, 1.54) is 13.1 Å². The molecule has 0 bridgehead atoms. The molecule has 2 aliphatic heterocycles. The molecule has 176 valence electrons. The van der Waals surface area contributed by atoms with E-state index in [9.17, 15) is 18.0 Å². The van der Waals surface area contributed by atoms with Gasteiger partial charge in [-0.1, -0.05) is 17.7 Å². The third kappa shape index (κ3) is 4.98. The van der Waals surface area contributed by atoms with Crippen molar-refractivity contribution in [3.8, 4) is 0 Å². The minimum atomic E-state index is -4.01. The lowest BCUT2D eigenvalue weighted by Crippen LogP contribution is -2.36. The second kappa shape index (κ2) is 9.30. The zero-order chi connectivity index (χ0) is 23.8. The zero-order valence-electron chi connectivity index (χ0n) is 18.4. The largest absolute Gasteiger partial charge is 0.378 e. The zero-order valence-corrected chi connectivity index (χ0v) is 19.9. The number of nitrogens with one attached hydrogen (secondary N) is 2. The number of anilines is 3. The maximum absolute atomic E-state index is 13.2. The first-order valence-electron chi connectivity index (χ1n) is 10.5. The number of hydrogen-bond acceptors (Lipinski definition) is 6. The first-order valence-corrected chi connectivity index (χ1v) is 12.3. The van der Waals surface area contributed by atoms with E-state index in [0.717, 1.165) is 28.6 Å². The molecule has 2 heterocycles. The van der Waals surface area contributed by atoms with Crippen molar-refractivity contribution < 1.29 is 22.7 Å². The fourth-order valence-corrected chi connectivity index (χ4v) is 5.67. The predicted molar refractivity (Wildman–Crippen MR) is 126 cm³/mol. The molecule has 0 saturated carbocycles. The summed E-state index contributed by atoms with van der Waals surface area (Å²) in [5.41, 5.74) is 2.95. The van der Waals surface area contributed by atoms with Crippen molar-refractivity contribution in [1.82, 2.24) is 4.31 Å². The molecule has 0 radical (unpaired) electrons. The average Bonchev–Trinajstić information content (AvgIpc) is 3.13. The molecule has 2 aromatic rings. The van der Waals surface area contributed by atoms with Crippen LogP contribution in [0.15, 0.2) is 35.2 Å². The van der Waals surface area contributed by atoms with Gasteiger partial charge in [0.1, 0.15) is 4.90 Å². The summed E-state index contributed by atoms with van der Waals surface area (Å²) in [6.07, 6.45) is 0.130. The molecular formula is C22H25ClN4O5S. The number of amides is 2. The van der Waals surface area contributed by atoms with Gasteiger partial charge in [-0.05, 0) is 42.3 Å². The first-order chi connectivity index (χ1) is 15.6. The molecule has 2 amide bonds. The normalized spacial score (nSPS) is 16.0. The second-order valence-corrected chi connectivity index (χ2v) is 10.5. The Kier molecular flexibility index (Phi) is 6.62. The Morgan fingerprint density at radius 2 is 1.97 bits per heavy atom. The molecule has 2 aromatic carbocycles. The Labute approximate surface area is 197 Å². The van der Waals surface area contributed by atoms with Crippen LogP contribution in [0, 0.1) is 6.92 Å². The van der Waals surface area contributed by atoms with Gasteiger partial charge in [-0.15, -0.1) is 0 Å². The summed E-state index contributed by atoms with van der Waals surface area (Å²) in [5, 5.41) is 5.80. The number of morpholine rings is 1. The Morgan fingerprint density at radius 1 is 1.24 bits per heavy atom. The van der Waals surface area contributed by atoms with Gasteiger partial charge in [0.25, 0.3) is 0 Å². The number of hydrogen-bond donors (Lipinski definition) is 2. The number of rotatable bonds is 6. The first kappa shape index (κ1) is 23.5. The van der Waals surface area contributed by atoms with Crippen molar-refractivity contribution >= 4 is 50.5 Å². The summed E-state index contributed by atoms with van der Waals surface area (Å²) in [7, 11) is -2.69. The topological polar surface area (TPSA) is 108 Å². The minimum absolute atomic E-state index is 0.0171. The van der Waals surface area contributed by atoms with Gasteiger partial charge in [-0.25, -0.2) is 8.42 Å². The number of carbonyl (C=O) groups excluding carboxylic acids is 2. The summed E-state index contributed by atoms with van der Waals surface area (Å²) >= 11 is 6.41. The predicted octanol–water partition coefficient (Wildman–Crippen LogP) is 2.24. The minimum Gasteiger partial charge on any atom is -0.378 e. The highest BCUT2D eigenvalue weighted by atomic mass is 35.5. The number of nitrogens with zero attached hydrogens (tertiary/aromatic N) is 2. The number of ether oxygens (including phenoxy) is 1. The number of benzene rings is 2. The number of aryl methyl sites for hydroxylation is 1. The third-order valence-corrected chi connectivity index (χ3v) is 7.71. The molecular weight excluding hydrogens is 468 g/mol. The van der Waals surface area contributed by atoms with E-state index < -0.39 is 22.5 Å². The fraction of sp³-hybridized carbons (Fsp3) is 0.364. The maximum atomic E-state index is 13.2. The van der Waals surface area contributed by atoms with Crippen LogP contribution in [0.3, 0.4) is 0 Å². The van der Waals surface area contributed by atoms with Crippen molar-refractivity contribution in [2.45, 2.75) is 18.2 Å². The van der Waals surface area contributed by atoms with Gasteiger partial charge >= 0.3 is 0 Å². The Balaban J connectivity index is 1.46. The van der Waals surface area contributed by atoms with Crippen LogP contribution >= 0.6 is 11.6 Å². The monoisotopic (exact) mass is 492 g/mol. The van der Waals surface area contributed by atoms with E-state index in [0.29, 0.717) is 29.5 Å². The summed E-state index contributed by atoms with van der Waals surface area (Å²) < 4.78 is 32.7. The summed E-state index contributed by atoms with van der Waals surface area (Å²) in [6, 6.07) is 8.47. The van der Waals surface area contributed by atoms with Crippen LogP contribution in [0.2, 0.25) is 5.02 Å². The van der Waals surface area contributed by atoms with Crippen LogP contribution in [0.4, 0.5) is 17.1 Å². The van der Waals surface area contributed by atoms with Crippen molar-refractivity contribution in [3.63, 3.8) is 0 Å². The molecule has 33 heavy (non-hydrogen) atoms. The number of fused-ring (bicyclic) bond motifs is 1. The molecule has 2 aliphatic rings. The van der Waals surface area contributed by atoms with E-state index in [2.05, 4.69) is 15.5 Å². The van der Waals surface area contributed by atoms with Gasteiger partial charge < -0.3 is 20.3 Å². The van der Waals surface area contributed by atoms with E-state index in [-0.39, 0.29) is 22.9 Å². The number of halogens is 1. The molecule has 11 heteroatoms. The van der Waals surface area contributed by atoms with Crippen LogP contribution < -0.4 is 15.5 Å². The molecule has 1 fully saturated rings. The quantitative estimate of drug-likeness (QED) is 0.640. The van der Waals surface area contributed by atoms with Gasteiger partial charge in [-0.3, -0.25) is 9.59 Å². The van der Waals surface area contributed by atoms with Crippen molar-refractivity contribution in [2.75, 3.05) is 55.4 Å². The molecule has 0 aliphatic carbocycles. The van der Waals surface area contributed by atoms with Gasteiger partial charge in [0, 0.05) is 25.8 Å². The van der Waals surface area contributed by atoms with E-state index in [1.807, 2.05) is 6.07 Å². The van der Waals surface area contributed by atoms with Crippen LogP contribution in [0.25, 0.3) is 0 Å². The van der Waals surface area contributed by atoms with Crippen LogP contribution in [0.1, 0.15) is 11.1 Å². The molecule has 2 N–H and O–H groups in total. The van der Waals surface area contributed by atoms with E-state index >= 15 is 0 Å². The molecule has 1 saturated heterocycles. The van der Waals surface area contributed by atoms with Gasteiger partial charge in [0.2, 0.25) is 21.8 Å². The smallest absolute Gasteiger partial charge is 0.245 e. The highest BCUT2D eigenvalue weighted by Crippen LogP contribution is 2.33. The lowest BCUT2D eigenvalue weighted by atomic mass is 10.1. The Bertz CT molecular complexity index is 1210. The van der Waals surface area contributed by atoms with Crippen molar-refractivity contribution in [2.24, 2.45) is 0 Å². The lowest BCUT2D eigenvalue weighted by Gasteiger charge is -2.29. The number of carbonyl (C=O) groups is 2. The highest BCUT2D eigenvalue weighted by molar-refractivity contribution is 7.89. The average molecular weight is 493 g/mol. The second-order valence-electron chi connectivity index (χ2n) is 8.10. The SMILES string of the molecule is Cc1cc2c(c(S(=O)(=O)N(C)CC(=O)Nc3ccc(N4CCOCC4)c(Cl)c3)c1)NC(=O)C2. The lowest BCUT2D eigenvalue weighted by molar-refractivity contribution is -0.116. The van der Waals surface area contributed by atoms with Crippen molar-refractivity contribution in [1.29, 1.82) is 0 Å². The summed E-state index contributed by atoms with van der Waals surface area (Å²) in [4.78, 5) is 26.5. The van der Waals surface area contributed by atoms with Crippen molar-refractivity contribution in [3.05, 3.63) is 46.5 Å².